The Morgan fingerprint density at radius 3 is 2.64 bits per heavy atom. The maximum atomic E-state index is 13.0. The van der Waals surface area contributed by atoms with Gasteiger partial charge in [0, 0.05) is 35.8 Å². The zero-order valence-corrected chi connectivity index (χ0v) is 19.8. The fraction of sp³-hybridized carbons (Fsp3) is 0.360. The molecule has 5 rings (SSSR count). The number of benzene rings is 2. The summed E-state index contributed by atoms with van der Waals surface area (Å²) < 4.78 is 2.17. The highest BCUT2D eigenvalue weighted by atomic mass is 35.5. The van der Waals surface area contributed by atoms with Crippen molar-refractivity contribution in [3.05, 3.63) is 59.1 Å². The van der Waals surface area contributed by atoms with Gasteiger partial charge >= 0.3 is 0 Å². The fourth-order valence-electron chi connectivity index (χ4n) is 4.68. The van der Waals surface area contributed by atoms with E-state index in [1.165, 1.54) is 24.6 Å². The Bertz CT molecular complexity index is 1190. The van der Waals surface area contributed by atoms with Crippen LogP contribution in [0.4, 0.5) is 5.69 Å². The van der Waals surface area contributed by atoms with E-state index >= 15 is 0 Å². The Kier molecular flexibility index (Phi) is 6.51. The van der Waals surface area contributed by atoms with E-state index in [9.17, 15) is 9.59 Å². The Balaban J connectivity index is 1.37. The van der Waals surface area contributed by atoms with Crippen LogP contribution in [0.1, 0.15) is 54.9 Å². The smallest absolute Gasteiger partial charge is 0.227 e. The first-order valence-electron chi connectivity index (χ1n) is 11.4. The van der Waals surface area contributed by atoms with E-state index in [4.69, 9.17) is 11.6 Å². The molecule has 170 valence electrons. The third kappa shape index (κ3) is 4.57. The summed E-state index contributed by atoms with van der Waals surface area (Å²) in [4.78, 5) is 26.9. The van der Waals surface area contributed by atoms with Crippen LogP contribution in [0.5, 0.6) is 0 Å². The van der Waals surface area contributed by atoms with Crippen molar-refractivity contribution in [3.8, 4) is 11.4 Å². The number of amides is 1. The summed E-state index contributed by atoms with van der Waals surface area (Å²) in [5.41, 5.74) is 2.26. The first-order chi connectivity index (χ1) is 16.1. The number of anilines is 1. The van der Waals surface area contributed by atoms with Crippen molar-refractivity contribution in [2.75, 3.05) is 17.2 Å². The van der Waals surface area contributed by atoms with Gasteiger partial charge in [0.05, 0.1) is 10.8 Å². The van der Waals surface area contributed by atoms with Crippen LogP contribution in [0, 0.1) is 0 Å². The minimum Gasteiger partial charge on any atom is -0.312 e. The number of thioether (sulfide) groups is 1. The molecule has 2 heterocycles. The van der Waals surface area contributed by atoms with Crippen molar-refractivity contribution >= 4 is 40.7 Å². The van der Waals surface area contributed by atoms with E-state index in [-0.39, 0.29) is 17.4 Å². The van der Waals surface area contributed by atoms with Crippen molar-refractivity contribution in [2.24, 2.45) is 0 Å². The maximum Gasteiger partial charge on any atom is 0.227 e. The van der Waals surface area contributed by atoms with Crippen molar-refractivity contribution < 1.29 is 9.59 Å². The molecule has 1 aliphatic carbocycles. The van der Waals surface area contributed by atoms with Crippen LogP contribution in [0.2, 0.25) is 5.02 Å². The van der Waals surface area contributed by atoms with Crippen molar-refractivity contribution in [1.29, 1.82) is 0 Å². The molecule has 8 heteroatoms. The molecule has 6 nitrogen and oxygen atoms in total. The number of aromatic nitrogens is 3. The monoisotopic (exact) mass is 480 g/mol. The number of hydrogen-bond donors (Lipinski definition) is 0. The highest BCUT2D eigenvalue weighted by molar-refractivity contribution is 7.99. The summed E-state index contributed by atoms with van der Waals surface area (Å²) in [6, 6.07) is 15.3. The van der Waals surface area contributed by atoms with Gasteiger partial charge in [-0.2, -0.15) is 0 Å². The average Bonchev–Trinajstić information content (AvgIpc) is 3.58. The van der Waals surface area contributed by atoms with Crippen LogP contribution in [0.25, 0.3) is 11.4 Å². The topological polar surface area (TPSA) is 68.1 Å². The van der Waals surface area contributed by atoms with E-state index in [1.54, 1.807) is 4.90 Å². The van der Waals surface area contributed by atoms with Crippen LogP contribution >= 0.6 is 23.4 Å². The molecule has 33 heavy (non-hydrogen) atoms. The molecule has 1 aliphatic heterocycles. The van der Waals surface area contributed by atoms with Crippen LogP contribution in [-0.4, -0.2) is 38.8 Å². The Hall–Kier alpha value is -2.64. The molecule has 2 fully saturated rings. The molecule has 2 aromatic carbocycles. The van der Waals surface area contributed by atoms with Crippen LogP contribution in [-0.2, 0) is 4.79 Å². The molecule has 3 aromatic rings. The van der Waals surface area contributed by atoms with Crippen LogP contribution in [0.3, 0.4) is 0 Å². The van der Waals surface area contributed by atoms with E-state index in [0.29, 0.717) is 29.6 Å². The summed E-state index contributed by atoms with van der Waals surface area (Å²) in [5.74, 6) is 1.14. The highest BCUT2D eigenvalue weighted by Gasteiger charge is 2.26. The second-order valence-corrected chi connectivity index (χ2v) is 9.86. The number of nitrogens with zero attached hydrogens (tertiary/aromatic N) is 4. The SMILES string of the molecule is O=C(CSc1nnc(-c2ccccc2Cl)n1C1CCCC1)c1cccc(N2CCCC2=O)c1. The quantitative estimate of drug-likeness (QED) is 0.315. The van der Waals surface area contributed by atoms with Crippen molar-refractivity contribution in [3.63, 3.8) is 0 Å². The number of rotatable bonds is 7. The summed E-state index contributed by atoms with van der Waals surface area (Å²) in [6.45, 7) is 0.709. The molecule has 1 amide bonds. The molecule has 0 spiro atoms. The molecule has 1 aromatic heterocycles. The lowest BCUT2D eigenvalue weighted by Crippen LogP contribution is -2.23. The maximum absolute atomic E-state index is 13.0. The molecule has 0 N–H and O–H groups in total. The zero-order chi connectivity index (χ0) is 22.8. The molecule has 1 saturated carbocycles. The van der Waals surface area contributed by atoms with E-state index < -0.39 is 0 Å². The number of carbonyl (C=O) groups is 2. The van der Waals surface area contributed by atoms with Crippen LogP contribution in [0.15, 0.2) is 53.7 Å². The lowest BCUT2D eigenvalue weighted by molar-refractivity contribution is -0.117. The van der Waals surface area contributed by atoms with Gasteiger partial charge in [-0.05, 0) is 43.5 Å². The lowest BCUT2D eigenvalue weighted by Gasteiger charge is -2.17. The molecule has 0 bridgehead atoms. The number of halogens is 1. The standard InChI is InChI=1S/C25H25ClN4O2S/c26-21-12-4-3-11-20(21)24-27-28-25(30(24)18-8-1-2-9-18)33-16-22(31)17-7-5-10-19(15-17)29-14-6-13-23(29)32/h3-5,7,10-12,15,18H,1-2,6,8-9,13-14,16H2. The first kappa shape index (κ1) is 22.2. The number of carbonyl (C=O) groups excluding carboxylic acids is 2. The summed E-state index contributed by atoms with van der Waals surface area (Å²) in [6.07, 6.45) is 5.92. The number of hydrogen-bond acceptors (Lipinski definition) is 5. The lowest BCUT2D eigenvalue weighted by atomic mass is 10.1. The Labute approximate surface area is 202 Å². The third-order valence-corrected chi connectivity index (χ3v) is 7.63. The van der Waals surface area contributed by atoms with Gasteiger partial charge in [0.15, 0.2) is 16.8 Å². The van der Waals surface area contributed by atoms with Gasteiger partial charge in [0.2, 0.25) is 5.91 Å². The molecule has 0 atom stereocenters. The zero-order valence-electron chi connectivity index (χ0n) is 18.2. The molecular weight excluding hydrogens is 456 g/mol. The van der Waals surface area contributed by atoms with Gasteiger partial charge in [0.25, 0.3) is 0 Å². The third-order valence-electron chi connectivity index (χ3n) is 6.35. The highest BCUT2D eigenvalue weighted by Crippen LogP contribution is 2.38. The summed E-state index contributed by atoms with van der Waals surface area (Å²) in [7, 11) is 0. The van der Waals surface area contributed by atoms with Gasteiger partial charge in [-0.15, -0.1) is 10.2 Å². The number of ketones is 1. The second kappa shape index (κ2) is 9.69. The van der Waals surface area contributed by atoms with Gasteiger partial charge in [0.1, 0.15) is 0 Å². The Morgan fingerprint density at radius 2 is 1.88 bits per heavy atom. The van der Waals surface area contributed by atoms with Crippen molar-refractivity contribution in [2.45, 2.75) is 49.7 Å². The van der Waals surface area contributed by atoms with E-state index in [0.717, 1.165) is 41.5 Å². The molecule has 0 unspecified atom stereocenters. The van der Waals surface area contributed by atoms with Gasteiger partial charge in [-0.25, -0.2) is 0 Å². The molecule has 1 saturated heterocycles. The van der Waals surface area contributed by atoms with Gasteiger partial charge < -0.3 is 4.90 Å². The normalized spacial score (nSPS) is 16.6. The van der Waals surface area contributed by atoms with Crippen molar-refractivity contribution in [1.82, 2.24) is 14.8 Å². The molecule has 0 radical (unpaired) electrons. The molecule has 2 aliphatic rings. The summed E-state index contributed by atoms with van der Waals surface area (Å²) >= 11 is 7.88. The Morgan fingerprint density at radius 1 is 1.06 bits per heavy atom. The second-order valence-electron chi connectivity index (χ2n) is 8.51. The minimum absolute atomic E-state index is 0.00811. The first-order valence-corrected chi connectivity index (χ1v) is 12.7. The minimum atomic E-state index is 0.00811. The van der Waals surface area contributed by atoms with Gasteiger partial charge in [-0.1, -0.05) is 60.5 Å². The van der Waals surface area contributed by atoms with E-state index in [1.807, 2.05) is 48.5 Å². The largest absolute Gasteiger partial charge is 0.312 e. The van der Waals surface area contributed by atoms with Gasteiger partial charge in [-0.3, -0.25) is 14.2 Å². The predicted octanol–water partition coefficient (Wildman–Crippen LogP) is 5.82. The average molecular weight is 481 g/mol. The molecular formula is C25H25ClN4O2S. The van der Waals surface area contributed by atoms with Crippen LogP contribution < -0.4 is 4.90 Å². The number of Topliss-reactive ketones (excluding diaryl/α,β-unsaturated/α-hetero) is 1. The fourth-order valence-corrected chi connectivity index (χ4v) is 5.80. The van der Waals surface area contributed by atoms with E-state index in [2.05, 4.69) is 14.8 Å². The predicted molar refractivity (Wildman–Crippen MR) is 131 cm³/mol. The summed E-state index contributed by atoms with van der Waals surface area (Å²) in [5, 5.41) is 10.3.